The zero-order chi connectivity index (χ0) is 15.7. The van der Waals surface area contributed by atoms with E-state index in [-0.39, 0.29) is 0 Å². The molecule has 0 aromatic heterocycles. The Hall–Kier alpha value is -1.15. The van der Waals surface area contributed by atoms with Crippen LogP contribution in [0.4, 0.5) is 5.69 Å². The summed E-state index contributed by atoms with van der Waals surface area (Å²) >= 11 is 0. The van der Waals surface area contributed by atoms with Crippen LogP contribution in [-0.4, -0.2) is 19.8 Å². The van der Waals surface area contributed by atoms with Gasteiger partial charge in [-0.3, -0.25) is 0 Å². The van der Waals surface area contributed by atoms with Gasteiger partial charge < -0.3 is 14.4 Å². The Kier molecular flexibility index (Phi) is 8.29. The molecular formula is C17H26NO2P. The second-order valence-electron chi connectivity index (χ2n) is 4.76. The summed E-state index contributed by atoms with van der Waals surface area (Å²) in [4.78, 5) is 0. The first kappa shape index (κ1) is 17.9. The molecule has 0 fully saturated rings. The van der Waals surface area contributed by atoms with Gasteiger partial charge >= 0.3 is 0 Å². The Morgan fingerprint density at radius 3 is 2.14 bits per heavy atom. The number of rotatable bonds is 10. The predicted octanol–water partition coefficient (Wildman–Crippen LogP) is 5.12. The molecule has 4 heteroatoms. The van der Waals surface area contributed by atoms with E-state index in [1.165, 1.54) is 5.56 Å². The minimum atomic E-state index is -0.820. The summed E-state index contributed by atoms with van der Waals surface area (Å²) in [6, 6.07) is 8.37. The van der Waals surface area contributed by atoms with E-state index in [1.807, 2.05) is 20.8 Å². The summed E-state index contributed by atoms with van der Waals surface area (Å²) in [5.74, 6) is 0. The highest BCUT2D eigenvalue weighted by Gasteiger charge is 2.10. The highest BCUT2D eigenvalue weighted by atomic mass is 31.2. The van der Waals surface area contributed by atoms with Gasteiger partial charge in [-0.15, -0.1) is 0 Å². The van der Waals surface area contributed by atoms with Crippen LogP contribution in [0.1, 0.15) is 26.3 Å². The van der Waals surface area contributed by atoms with Gasteiger partial charge in [0.15, 0.2) is 8.38 Å². The van der Waals surface area contributed by atoms with E-state index in [0.29, 0.717) is 13.2 Å². The standard InChI is InChI=1S/C17H26NO2P/c1-6-19-21(20-7-2)13-16-8-10-17(11-9-16)18-12-15(5)14(3)4/h8-11,18H,3,5-7,12-13H2,1-2,4H3. The maximum absolute atomic E-state index is 5.63. The quantitative estimate of drug-likeness (QED) is 0.481. The predicted molar refractivity (Wildman–Crippen MR) is 92.8 cm³/mol. The molecule has 0 saturated heterocycles. The van der Waals surface area contributed by atoms with Crippen molar-refractivity contribution in [1.29, 1.82) is 0 Å². The van der Waals surface area contributed by atoms with Gasteiger partial charge in [-0.1, -0.05) is 30.9 Å². The highest BCUT2D eigenvalue weighted by molar-refractivity contribution is 7.46. The molecule has 0 bridgehead atoms. The molecule has 1 rings (SSSR count). The number of nitrogens with one attached hydrogen (secondary N) is 1. The van der Waals surface area contributed by atoms with Crippen molar-refractivity contribution < 1.29 is 9.05 Å². The molecule has 1 aromatic rings. The third-order valence-corrected chi connectivity index (χ3v) is 4.64. The van der Waals surface area contributed by atoms with E-state index in [4.69, 9.17) is 9.05 Å². The maximum Gasteiger partial charge on any atom is 0.175 e. The molecule has 0 aliphatic carbocycles. The van der Waals surface area contributed by atoms with Gasteiger partial charge in [0.05, 0.1) is 13.2 Å². The molecule has 116 valence electrons. The fourth-order valence-corrected chi connectivity index (χ4v) is 3.00. The molecule has 3 nitrogen and oxygen atoms in total. The molecule has 0 amide bonds. The zero-order valence-electron chi connectivity index (χ0n) is 13.3. The van der Waals surface area contributed by atoms with Crippen LogP contribution in [-0.2, 0) is 15.2 Å². The topological polar surface area (TPSA) is 30.5 Å². The van der Waals surface area contributed by atoms with Gasteiger partial charge in [-0.25, -0.2) is 0 Å². The molecule has 1 N–H and O–H groups in total. The van der Waals surface area contributed by atoms with Gasteiger partial charge in [-0.2, -0.15) is 0 Å². The lowest BCUT2D eigenvalue weighted by Gasteiger charge is -2.16. The fourth-order valence-electron chi connectivity index (χ4n) is 1.65. The molecule has 0 aliphatic heterocycles. The van der Waals surface area contributed by atoms with E-state index in [0.717, 1.165) is 29.5 Å². The molecule has 21 heavy (non-hydrogen) atoms. The van der Waals surface area contributed by atoms with Gasteiger partial charge in [0.2, 0.25) is 0 Å². The summed E-state index contributed by atoms with van der Waals surface area (Å²) in [6.45, 7) is 15.9. The van der Waals surface area contributed by atoms with E-state index < -0.39 is 8.38 Å². The van der Waals surface area contributed by atoms with Crippen LogP contribution in [0, 0.1) is 0 Å². The third-order valence-electron chi connectivity index (χ3n) is 2.92. The van der Waals surface area contributed by atoms with Crippen LogP contribution in [0.25, 0.3) is 0 Å². The van der Waals surface area contributed by atoms with Crippen molar-refractivity contribution >= 4 is 14.1 Å². The van der Waals surface area contributed by atoms with E-state index in [2.05, 4.69) is 42.7 Å². The summed E-state index contributed by atoms with van der Waals surface area (Å²) in [7, 11) is -0.820. The van der Waals surface area contributed by atoms with Crippen molar-refractivity contribution in [3.05, 3.63) is 54.1 Å². The number of anilines is 1. The van der Waals surface area contributed by atoms with Gasteiger partial charge in [0.1, 0.15) is 0 Å². The Bertz CT molecular complexity index is 450. The summed E-state index contributed by atoms with van der Waals surface area (Å²) in [6.07, 6.45) is 0.829. The molecule has 1 aromatic carbocycles. The Balaban J connectivity index is 2.52. The lowest BCUT2D eigenvalue weighted by atomic mass is 10.1. The second-order valence-corrected chi connectivity index (χ2v) is 6.26. The summed E-state index contributed by atoms with van der Waals surface area (Å²) in [5, 5.41) is 3.34. The first-order valence-electron chi connectivity index (χ1n) is 7.26. The first-order chi connectivity index (χ1) is 10.1. The van der Waals surface area contributed by atoms with Crippen molar-refractivity contribution in [2.75, 3.05) is 25.1 Å². The van der Waals surface area contributed by atoms with Crippen molar-refractivity contribution in [3.8, 4) is 0 Å². The minimum absolute atomic E-state index is 0.689. The molecule has 0 atom stereocenters. The largest absolute Gasteiger partial charge is 0.381 e. The third kappa shape index (κ3) is 6.90. The Labute approximate surface area is 130 Å². The fraction of sp³-hybridized carbons (Fsp3) is 0.412. The normalized spacial score (nSPS) is 10.7. The second kappa shape index (κ2) is 9.73. The Morgan fingerprint density at radius 2 is 1.67 bits per heavy atom. The van der Waals surface area contributed by atoms with Crippen molar-refractivity contribution in [2.45, 2.75) is 26.9 Å². The zero-order valence-corrected chi connectivity index (χ0v) is 14.2. The van der Waals surface area contributed by atoms with Gasteiger partial charge in [-0.05, 0) is 44.0 Å². The number of benzene rings is 1. The summed E-state index contributed by atoms with van der Waals surface area (Å²) < 4.78 is 11.3. The number of hydrogen-bond donors (Lipinski definition) is 1. The molecule has 0 unspecified atom stereocenters. The van der Waals surface area contributed by atoms with Crippen molar-refractivity contribution in [1.82, 2.24) is 0 Å². The van der Waals surface area contributed by atoms with Gasteiger partial charge in [0.25, 0.3) is 0 Å². The highest BCUT2D eigenvalue weighted by Crippen LogP contribution is 2.41. The molecule has 0 radical (unpaired) electrons. The molecule has 0 spiro atoms. The van der Waals surface area contributed by atoms with Gasteiger partial charge in [0, 0.05) is 18.4 Å². The van der Waals surface area contributed by atoms with Crippen LogP contribution in [0.2, 0.25) is 0 Å². The van der Waals surface area contributed by atoms with Crippen LogP contribution >= 0.6 is 8.38 Å². The lowest BCUT2D eigenvalue weighted by Crippen LogP contribution is -2.04. The van der Waals surface area contributed by atoms with E-state index >= 15 is 0 Å². The van der Waals surface area contributed by atoms with Crippen LogP contribution in [0.5, 0.6) is 0 Å². The first-order valence-corrected chi connectivity index (χ1v) is 8.62. The smallest absolute Gasteiger partial charge is 0.175 e. The minimum Gasteiger partial charge on any atom is -0.381 e. The summed E-state index contributed by atoms with van der Waals surface area (Å²) in [5.41, 5.74) is 4.35. The average Bonchev–Trinajstić information content (AvgIpc) is 2.46. The molecule has 0 heterocycles. The maximum atomic E-state index is 5.63. The van der Waals surface area contributed by atoms with Crippen LogP contribution < -0.4 is 5.32 Å². The SMILES string of the molecule is C=C(C)C(=C)CNc1ccc(CP(OCC)OCC)cc1. The van der Waals surface area contributed by atoms with E-state index in [9.17, 15) is 0 Å². The van der Waals surface area contributed by atoms with Crippen molar-refractivity contribution in [2.24, 2.45) is 0 Å². The molecular weight excluding hydrogens is 281 g/mol. The van der Waals surface area contributed by atoms with Crippen molar-refractivity contribution in [3.63, 3.8) is 0 Å². The van der Waals surface area contributed by atoms with Crippen LogP contribution in [0.3, 0.4) is 0 Å². The molecule has 0 aliphatic rings. The average molecular weight is 307 g/mol. The monoisotopic (exact) mass is 307 g/mol. The molecule has 0 saturated carbocycles. The number of hydrogen-bond acceptors (Lipinski definition) is 3. The lowest BCUT2D eigenvalue weighted by molar-refractivity contribution is 0.268. The van der Waals surface area contributed by atoms with Crippen LogP contribution in [0.15, 0.2) is 48.6 Å². The Morgan fingerprint density at radius 1 is 1.10 bits per heavy atom. The van der Waals surface area contributed by atoms with E-state index in [1.54, 1.807) is 0 Å².